The van der Waals surface area contributed by atoms with Crippen molar-refractivity contribution in [2.24, 2.45) is 5.92 Å². The molecule has 2 aromatic carbocycles. The molecule has 0 fully saturated rings. The molecule has 1 N–H and O–H groups in total. The third-order valence-corrected chi connectivity index (χ3v) is 5.26. The van der Waals surface area contributed by atoms with Gasteiger partial charge in [0.25, 0.3) is 11.5 Å². The van der Waals surface area contributed by atoms with E-state index in [1.165, 1.54) is 12.1 Å². The normalized spacial score (nSPS) is 14.3. The second-order valence-corrected chi connectivity index (χ2v) is 7.57. The van der Waals surface area contributed by atoms with Gasteiger partial charge in [0.1, 0.15) is 11.6 Å². The lowest BCUT2D eigenvalue weighted by molar-refractivity contribution is 0.0925. The maximum Gasteiger partial charge on any atom is 0.261 e. The van der Waals surface area contributed by atoms with E-state index in [9.17, 15) is 14.0 Å². The summed E-state index contributed by atoms with van der Waals surface area (Å²) < 4.78 is 14.9. The van der Waals surface area contributed by atoms with E-state index in [1.807, 2.05) is 13.8 Å². The quantitative estimate of drug-likeness (QED) is 0.753. The summed E-state index contributed by atoms with van der Waals surface area (Å²) in [5.41, 5.74) is 1.80. The SMILES string of the molecule is CC(C)[C@@H](NC(=O)c1ccc2c(=O)n3c(nc2c1)CCC3)c1ccc(F)cc1. The lowest BCUT2D eigenvalue weighted by Crippen LogP contribution is -2.32. The van der Waals surface area contributed by atoms with Gasteiger partial charge in [0.2, 0.25) is 0 Å². The minimum absolute atomic E-state index is 0.0455. The standard InChI is InChI=1S/C22H22FN3O2/c1-13(2)20(14-5-8-16(23)9-6-14)25-21(27)15-7-10-17-18(12-15)24-19-4-3-11-26(19)22(17)28/h5-10,12-13,20H,3-4,11H2,1-2H3,(H,25,27)/t20-/m1/s1. The average Bonchev–Trinajstić information content (AvgIpc) is 3.15. The highest BCUT2D eigenvalue weighted by Gasteiger charge is 2.21. The smallest absolute Gasteiger partial charge is 0.261 e. The predicted octanol–water partition coefficient (Wildman–Crippen LogP) is 3.61. The van der Waals surface area contributed by atoms with Crippen molar-refractivity contribution in [3.8, 4) is 0 Å². The van der Waals surface area contributed by atoms with Crippen molar-refractivity contribution >= 4 is 16.8 Å². The summed E-state index contributed by atoms with van der Waals surface area (Å²) in [6.45, 7) is 4.70. The first kappa shape index (κ1) is 18.3. The number of carbonyl (C=O) groups is 1. The van der Waals surface area contributed by atoms with Gasteiger partial charge in [-0.05, 0) is 48.2 Å². The van der Waals surface area contributed by atoms with Crippen LogP contribution in [0.4, 0.5) is 4.39 Å². The van der Waals surface area contributed by atoms with Crippen molar-refractivity contribution in [2.75, 3.05) is 0 Å². The maximum absolute atomic E-state index is 13.2. The zero-order valence-electron chi connectivity index (χ0n) is 15.9. The van der Waals surface area contributed by atoms with Gasteiger partial charge in [-0.3, -0.25) is 14.2 Å². The lowest BCUT2D eigenvalue weighted by Gasteiger charge is -2.23. The molecule has 1 aliphatic rings. The molecule has 28 heavy (non-hydrogen) atoms. The highest BCUT2D eigenvalue weighted by molar-refractivity contribution is 5.97. The van der Waals surface area contributed by atoms with Gasteiger partial charge >= 0.3 is 0 Å². The van der Waals surface area contributed by atoms with Crippen LogP contribution in [0.5, 0.6) is 0 Å². The molecular weight excluding hydrogens is 357 g/mol. The van der Waals surface area contributed by atoms with Gasteiger partial charge in [-0.2, -0.15) is 0 Å². The van der Waals surface area contributed by atoms with E-state index >= 15 is 0 Å². The van der Waals surface area contributed by atoms with Crippen LogP contribution in [0.1, 0.15) is 48.1 Å². The van der Waals surface area contributed by atoms with Crippen LogP contribution in [0.2, 0.25) is 0 Å². The Balaban J connectivity index is 1.65. The van der Waals surface area contributed by atoms with Crippen LogP contribution in [0.15, 0.2) is 47.3 Å². The maximum atomic E-state index is 13.2. The molecule has 4 rings (SSSR count). The van der Waals surface area contributed by atoms with E-state index in [-0.39, 0.29) is 29.2 Å². The summed E-state index contributed by atoms with van der Waals surface area (Å²) in [6.07, 6.45) is 1.70. The van der Waals surface area contributed by atoms with Crippen molar-refractivity contribution in [3.05, 3.63) is 75.6 Å². The van der Waals surface area contributed by atoms with E-state index in [1.54, 1.807) is 34.9 Å². The van der Waals surface area contributed by atoms with Crippen LogP contribution in [-0.4, -0.2) is 15.5 Å². The molecule has 0 aliphatic carbocycles. The average molecular weight is 379 g/mol. The number of fused-ring (bicyclic) bond motifs is 2. The van der Waals surface area contributed by atoms with Crippen LogP contribution in [0.3, 0.4) is 0 Å². The number of nitrogens with one attached hydrogen (secondary N) is 1. The third kappa shape index (κ3) is 3.30. The Morgan fingerprint density at radius 3 is 2.64 bits per heavy atom. The Labute approximate surface area is 162 Å². The molecule has 1 amide bonds. The van der Waals surface area contributed by atoms with Crippen molar-refractivity contribution < 1.29 is 9.18 Å². The Hall–Kier alpha value is -3.02. The van der Waals surface area contributed by atoms with E-state index in [0.717, 1.165) is 24.2 Å². The number of benzene rings is 2. The number of amides is 1. The summed E-state index contributed by atoms with van der Waals surface area (Å²) in [5, 5.41) is 3.56. The number of halogens is 1. The van der Waals surface area contributed by atoms with Crippen LogP contribution < -0.4 is 10.9 Å². The largest absolute Gasteiger partial charge is 0.345 e. The van der Waals surface area contributed by atoms with Gasteiger partial charge in [0, 0.05) is 18.5 Å². The second kappa shape index (κ2) is 7.19. The minimum Gasteiger partial charge on any atom is -0.345 e. The molecular formula is C22H22FN3O2. The molecule has 2 heterocycles. The van der Waals surface area contributed by atoms with E-state index in [2.05, 4.69) is 10.3 Å². The minimum atomic E-state index is -0.308. The molecule has 0 saturated carbocycles. The van der Waals surface area contributed by atoms with E-state index in [0.29, 0.717) is 23.0 Å². The molecule has 0 saturated heterocycles. The highest BCUT2D eigenvalue weighted by atomic mass is 19.1. The fourth-order valence-electron chi connectivity index (χ4n) is 3.75. The van der Waals surface area contributed by atoms with E-state index in [4.69, 9.17) is 0 Å². The predicted molar refractivity (Wildman–Crippen MR) is 106 cm³/mol. The number of hydrogen-bond donors (Lipinski definition) is 1. The zero-order chi connectivity index (χ0) is 19.8. The molecule has 1 aromatic heterocycles. The Morgan fingerprint density at radius 2 is 1.93 bits per heavy atom. The van der Waals surface area contributed by atoms with Crippen molar-refractivity contribution in [1.29, 1.82) is 0 Å². The highest BCUT2D eigenvalue weighted by Crippen LogP contribution is 2.23. The molecule has 6 heteroatoms. The van der Waals surface area contributed by atoms with Crippen LogP contribution in [-0.2, 0) is 13.0 Å². The number of aromatic nitrogens is 2. The van der Waals surface area contributed by atoms with Gasteiger partial charge in [-0.15, -0.1) is 0 Å². The van der Waals surface area contributed by atoms with Crippen LogP contribution in [0.25, 0.3) is 10.9 Å². The molecule has 0 radical (unpaired) electrons. The summed E-state index contributed by atoms with van der Waals surface area (Å²) >= 11 is 0. The van der Waals surface area contributed by atoms with Crippen LogP contribution >= 0.6 is 0 Å². The molecule has 0 unspecified atom stereocenters. The second-order valence-electron chi connectivity index (χ2n) is 7.57. The molecule has 1 aliphatic heterocycles. The Kier molecular flexibility index (Phi) is 4.71. The van der Waals surface area contributed by atoms with E-state index < -0.39 is 0 Å². The van der Waals surface area contributed by atoms with Gasteiger partial charge in [-0.25, -0.2) is 9.37 Å². The van der Waals surface area contributed by atoms with Crippen LogP contribution in [0, 0.1) is 11.7 Å². The van der Waals surface area contributed by atoms with Gasteiger partial charge < -0.3 is 5.32 Å². The van der Waals surface area contributed by atoms with Gasteiger partial charge in [0.15, 0.2) is 0 Å². The summed E-state index contributed by atoms with van der Waals surface area (Å²) in [5.74, 6) is 0.353. The fraction of sp³-hybridized carbons (Fsp3) is 0.318. The first-order valence-electron chi connectivity index (χ1n) is 9.54. The summed E-state index contributed by atoms with van der Waals surface area (Å²) in [7, 11) is 0. The molecule has 5 nitrogen and oxygen atoms in total. The van der Waals surface area contributed by atoms with Gasteiger partial charge in [-0.1, -0.05) is 26.0 Å². The Morgan fingerprint density at radius 1 is 1.18 bits per heavy atom. The summed E-state index contributed by atoms with van der Waals surface area (Å²) in [6, 6.07) is 10.9. The first-order valence-corrected chi connectivity index (χ1v) is 9.54. The topological polar surface area (TPSA) is 64.0 Å². The molecule has 0 spiro atoms. The third-order valence-electron chi connectivity index (χ3n) is 5.26. The zero-order valence-corrected chi connectivity index (χ0v) is 15.9. The summed E-state index contributed by atoms with van der Waals surface area (Å²) in [4.78, 5) is 30.0. The monoisotopic (exact) mass is 379 g/mol. The van der Waals surface area contributed by atoms with Crippen molar-refractivity contribution in [2.45, 2.75) is 39.3 Å². The number of rotatable bonds is 4. The molecule has 0 bridgehead atoms. The first-order chi connectivity index (χ1) is 13.4. The van der Waals surface area contributed by atoms with Gasteiger partial charge in [0.05, 0.1) is 16.9 Å². The Bertz CT molecular complexity index is 1100. The number of hydrogen-bond acceptors (Lipinski definition) is 3. The van der Waals surface area contributed by atoms with Crippen molar-refractivity contribution in [1.82, 2.24) is 14.9 Å². The number of nitrogens with zero attached hydrogens (tertiary/aromatic N) is 2. The number of aryl methyl sites for hydroxylation is 1. The fourth-order valence-corrected chi connectivity index (χ4v) is 3.75. The molecule has 144 valence electrons. The van der Waals surface area contributed by atoms with Crippen molar-refractivity contribution in [3.63, 3.8) is 0 Å². The molecule has 1 atom stereocenters. The lowest BCUT2D eigenvalue weighted by atomic mass is 9.95. The molecule has 3 aromatic rings. The number of carbonyl (C=O) groups excluding carboxylic acids is 1.